The summed E-state index contributed by atoms with van der Waals surface area (Å²) >= 11 is 0. The highest BCUT2D eigenvalue weighted by atomic mass is 16.2. The lowest BCUT2D eigenvalue weighted by Gasteiger charge is -2.45. The molecule has 2 aliphatic rings. The zero-order chi connectivity index (χ0) is 16.5. The summed E-state index contributed by atoms with van der Waals surface area (Å²) in [5, 5.41) is 4.21. The van der Waals surface area contributed by atoms with Gasteiger partial charge in [0.1, 0.15) is 0 Å². The fraction of sp³-hybridized carbons (Fsp3) is 0.350. The number of carbonyl (C=O) groups excluding carboxylic acids is 1. The van der Waals surface area contributed by atoms with E-state index in [1.165, 1.54) is 16.7 Å². The van der Waals surface area contributed by atoms with Crippen LogP contribution in [-0.4, -0.2) is 40.6 Å². The second-order valence-corrected chi connectivity index (χ2v) is 6.77. The van der Waals surface area contributed by atoms with Gasteiger partial charge in [0.25, 0.3) is 0 Å². The number of aryl methyl sites for hydroxylation is 1. The van der Waals surface area contributed by atoms with Crippen LogP contribution in [0.15, 0.2) is 54.6 Å². The van der Waals surface area contributed by atoms with Gasteiger partial charge in [-0.2, -0.15) is 0 Å². The second-order valence-electron chi connectivity index (χ2n) is 6.77. The molecule has 0 aromatic heterocycles. The van der Waals surface area contributed by atoms with Crippen molar-refractivity contribution in [2.45, 2.75) is 25.9 Å². The monoisotopic (exact) mass is 321 g/mol. The summed E-state index contributed by atoms with van der Waals surface area (Å²) in [7, 11) is 0. The lowest BCUT2D eigenvalue weighted by molar-refractivity contribution is -0.158. The summed E-state index contributed by atoms with van der Waals surface area (Å²) in [4.78, 5) is 14.7. The van der Waals surface area contributed by atoms with Gasteiger partial charge in [0.2, 0.25) is 5.91 Å². The van der Waals surface area contributed by atoms with E-state index in [9.17, 15) is 4.79 Å². The first-order chi connectivity index (χ1) is 11.7. The van der Waals surface area contributed by atoms with Crippen LogP contribution in [0, 0.1) is 6.92 Å². The maximum absolute atomic E-state index is 12.3. The molecule has 24 heavy (non-hydrogen) atoms. The van der Waals surface area contributed by atoms with Gasteiger partial charge in [0.05, 0.1) is 12.7 Å². The van der Waals surface area contributed by atoms with Crippen molar-refractivity contribution in [3.8, 4) is 0 Å². The molecule has 0 spiro atoms. The fourth-order valence-electron chi connectivity index (χ4n) is 3.78. The molecule has 0 aliphatic carbocycles. The minimum Gasteiger partial charge on any atom is -0.278 e. The quantitative estimate of drug-likeness (QED) is 0.869. The fourth-order valence-corrected chi connectivity index (χ4v) is 3.78. The van der Waals surface area contributed by atoms with Gasteiger partial charge in [0, 0.05) is 26.1 Å². The molecule has 0 saturated carbocycles. The number of hydrazine groups is 1. The van der Waals surface area contributed by atoms with Gasteiger partial charge < -0.3 is 0 Å². The van der Waals surface area contributed by atoms with Gasteiger partial charge in [-0.3, -0.25) is 14.7 Å². The molecule has 2 fully saturated rings. The van der Waals surface area contributed by atoms with E-state index < -0.39 is 0 Å². The molecule has 1 atom stereocenters. The molecule has 0 bridgehead atoms. The van der Waals surface area contributed by atoms with E-state index in [4.69, 9.17) is 0 Å². The first-order valence-electron chi connectivity index (χ1n) is 8.60. The van der Waals surface area contributed by atoms with Crippen molar-refractivity contribution in [3.05, 3.63) is 71.3 Å². The highest BCUT2D eigenvalue weighted by molar-refractivity contribution is 5.77. The molecule has 0 N–H and O–H groups in total. The Morgan fingerprint density at radius 1 is 1.08 bits per heavy atom. The number of fused-ring (bicyclic) bond motifs is 1. The summed E-state index contributed by atoms with van der Waals surface area (Å²) in [6.07, 6.45) is 0.626. The van der Waals surface area contributed by atoms with Crippen molar-refractivity contribution < 1.29 is 4.79 Å². The standard InChI is InChI=1S/C20H23N3O/c1-16-6-5-9-18(12-16)19-14-21(13-17-7-3-2-4-8-17)15-23-20(24)10-11-22(19)23/h2-9,12,19H,10-11,13-15H2,1H3. The number of hydrogen-bond donors (Lipinski definition) is 0. The van der Waals surface area contributed by atoms with Crippen molar-refractivity contribution >= 4 is 5.91 Å². The van der Waals surface area contributed by atoms with Crippen LogP contribution >= 0.6 is 0 Å². The van der Waals surface area contributed by atoms with E-state index in [0.717, 1.165) is 19.6 Å². The topological polar surface area (TPSA) is 26.8 Å². The summed E-state index contributed by atoms with van der Waals surface area (Å²) in [6.45, 7) is 5.47. The third kappa shape index (κ3) is 2.95. The van der Waals surface area contributed by atoms with Crippen LogP contribution in [0.4, 0.5) is 0 Å². The van der Waals surface area contributed by atoms with E-state index in [1.54, 1.807) is 0 Å². The van der Waals surface area contributed by atoms with Crippen LogP contribution in [-0.2, 0) is 11.3 Å². The van der Waals surface area contributed by atoms with Crippen molar-refractivity contribution in [1.82, 2.24) is 14.9 Å². The first kappa shape index (κ1) is 15.4. The van der Waals surface area contributed by atoms with Crippen molar-refractivity contribution in [2.75, 3.05) is 19.8 Å². The SMILES string of the molecule is Cc1cccc(C2CN(Cc3ccccc3)CN3C(=O)CCN23)c1. The smallest absolute Gasteiger partial charge is 0.239 e. The number of amides is 1. The van der Waals surface area contributed by atoms with Crippen molar-refractivity contribution in [2.24, 2.45) is 0 Å². The molecule has 1 unspecified atom stereocenters. The highest BCUT2D eigenvalue weighted by Crippen LogP contribution is 2.32. The Morgan fingerprint density at radius 3 is 2.71 bits per heavy atom. The summed E-state index contributed by atoms with van der Waals surface area (Å²) in [5.74, 6) is 0.241. The Kier molecular flexibility index (Phi) is 4.08. The number of nitrogens with zero attached hydrogens (tertiary/aromatic N) is 3. The highest BCUT2D eigenvalue weighted by Gasteiger charge is 2.40. The van der Waals surface area contributed by atoms with Gasteiger partial charge >= 0.3 is 0 Å². The predicted octanol–water partition coefficient (Wildman–Crippen LogP) is 2.96. The molecule has 4 heteroatoms. The maximum atomic E-state index is 12.3. The molecule has 4 nitrogen and oxygen atoms in total. The Balaban J connectivity index is 1.61. The minimum absolute atomic E-state index is 0.241. The molecule has 0 radical (unpaired) electrons. The molecule has 2 saturated heterocycles. The minimum atomic E-state index is 0.241. The lowest BCUT2D eigenvalue weighted by atomic mass is 10.0. The summed E-state index contributed by atoms with van der Waals surface area (Å²) in [5.41, 5.74) is 3.86. The van der Waals surface area contributed by atoms with Gasteiger partial charge in [-0.05, 0) is 18.1 Å². The van der Waals surface area contributed by atoms with E-state index in [-0.39, 0.29) is 11.9 Å². The van der Waals surface area contributed by atoms with Gasteiger partial charge in [-0.15, -0.1) is 0 Å². The first-order valence-corrected chi connectivity index (χ1v) is 8.60. The van der Waals surface area contributed by atoms with Crippen LogP contribution in [0.25, 0.3) is 0 Å². The van der Waals surface area contributed by atoms with Gasteiger partial charge in [0.15, 0.2) is 0 Å². The van der Waals surface area contributed by atoms with Crippen LogP contribution in [0.2, 0.25) is 0 Å². The van der Waals surface area contributed by atoms with Gasteiger partial charge in [-0.25, -0.2) is 5.01 Å². The Bertz CT molecular complexity index is 731. The summed E-state index contributed by atoms with van der Waals surface area (Å²) in [6, 6.07) is 19.4. The van der Waals surface area contributed by atoms with Crippen molar-refractivity contribution in [1.29, 1.82) is 0 Å². The molecular formula is C20H23N3O. The Morgan fingerprint density at radius 2 is 1.92 bits per heavy atom. The number of hydrogen-bond acceptors (Lipinski definition) is 3. The normalized spacial score (nSPS) is 22.0. The average molecular weight is 321 g/mol. The molecule has 124 valence electrons. The molecule has 2 aliphatic heterocycles. The van der Waals surface area contributed by atoms with Crippen LogP contribution in [0.3, 0.4) is 0 Å². The average Bonchev–Trinajstić information content (AvgIpc) is 2.96. The van der Waals surface area contributed by atoms with E-state index >= 15 is 0 Å². The molecule has 2 heterocycles. The van der Waals surface area contributed by atoms with Crippen LogP contribution in [0.1, 0.15) is 29.2 Å². The predicted molar refractivity (Wildman–Crippen MR) is 93.8 cm³/mol. The van der Waals surface area contributed by atoms with Crippen LogP contribution in [0.5, 0.6) is 0 Å². The zero-order valence-electron chi connectivity index (χ0n) is 14.1. The second kappa shape index (κ2) is 6.38. The van der Waals surface area contributed by atoms with Crippen LogP contribution < -0.4 is 0 Å². The number of rotatable bonds is 3. The maximum Gasteiger partial charge on any atom is 0.239 e. The van der Waals surface area contributed by atoms with Crippen molar-refractivity contribution in [3.63, 3.8) is 0 Å². The Hall–Kier alpha value is -2.17. The van der Waals surface area contributed by atoms with E-state index in [2.05, 4.69) is 65.4 Å². The molecular weight excluding hydrogens is 298 g/mol. The number of carbonyl (C=O) groups is 1. The number of benzene rings is 2. The Labute approximate surface area is 143 Å². The zero-order valence-corrected chi connectivity index (χ0v) is 14.1. The molecule has 1 amide bonds. The molecule has 2 aromatic rings. The van der Waals surface area contributed by atoms with E-state index in [0.29, 0.717) is 13.1 Å². The lowest BCUT2D eigenvalue weighted by Crippen LogP contribution is -2.55. The largest absolute Gasteiger partial charge is 0.278 e. The molecule has 2 aromatic carbocycles. The van der Waals surface area contributed by atoms with Gasteiger partial charge in [-0.1, -0.05) is 60.2 Å². The third-order valence-corrected chi connectivity index (χ3v) is 4.95. The third-order valence-electron chi connectivity index (χ3n) is 4.95. The summed E-state index contributed by atoms with van der Waals surface area (Å²) < 4.78 is 0. The van der Waals surface area contributed by atoms with E-state index in [1.807, 2.05) is 11.1 Å². The molecule has 4 rings (SSSR count).